The maximum absolute atomic E-state index is 10.1. The molecule has 2 aliphatic rings. The maximum Gasteiger partial charge on any atom is 0.268 e. The van der Waals surface area contributed by atoms with Gasteiger partial charge in [-0.05, 0) is 0 Å². The van der Waals surface area contributed by atoms with Crippen LogP contribution in [0.5, 0.6) is 0 Å². The van der Waals surface area contributed by atoms with Gasteiger partial charge in [-0.3, -0.25) is 0 Å². The standard InChI is InChI=1S/C15H22O9/c1-19-6-10(5-16)23-12-4-3-9(7-21-12)24-15-13(18)14(20-2)11(17)8-22-15/h5,7-8,12-18H,3-4,6H2,1-2H3/b10-5+/t12-,13?,14?,15-/m0/s1. The Kier molecular flexibility index (Phi) is 6.59. The zero-order chi connectivity index (χ0) is 17.5. The van der Waals surface area contributed by atoms with Gasteiger partial charge in [0.15, 0.2) is 23.7 Å². The van der Waals surface area contributed by atoms with Crippen LogP contribution in [0.1, 0.15) is 12.8 Å². The quantitative estimate of drug-likeness (QED) is 0.584. The van der Waals surface area contributed by atoms with Crippen LogP contribution in [0.4, 0.5) is 0 Å². The third-order valence-corrected chi connectivity index (χ3v) is 3.42. The predicted octanol–water partition coefficient (Wildman–Crippen LogP) is 1.17. The maximum atomic E-state index is 10.1. The number of aliphatic hydroxyl groups excluding tert-OH is 3. The van der Waals surface area contributed by atoms with E-state index in [1.54, 1.807) is 0 Å². The summed E-state index contributed by atoms with van der Waals surface area (Å²) in [6.07, 6.45) is 0.450. The van der Waals surface area contributed by atoms with Crippen molar-refractivity contribution in [2.75, 3.05) is 20.8 Å². The van der Waals surface area contributed by atoms with Crippen LogP contribution in [-0.2, 0) is 28.4 Å². The number of ether oxygens (including phenoxy) is 6. The Morgan fingerprint density at radius 1 is 1.33 bits per heavy atom. The molecule has 9 heteroatoms. The molecule has 0 aromatic rings. The van der Waals surface area contributed by atoms with Crippen molar-refractivity contribution in [3.8, 4) is 0 Å². The van der Waals surface area contributed by atoms with Crippen molar-refractivity contribution < 1.29 is 43.7 Å². The van der Waals surface area contributed by atoms with Gasteiger partial charge in [-0.15, -0.1) is 0 Å². The van der Waals surface area contributed by atoms with Crippen LogP contribution in [0.2, 0.25) is 0 Å². The van der Waals surface area contributed by atoms with Crippen LogP contribution >= 0.6 is 0 Å². The van der Waals surface area contributed by atoms with Crippen molar-refractivity contribution in [1.82, 2.24) is 0 Å². The van der Waals surface area contributed by atoms with Crippen molar-refractivity contribution in [1.29, 1.82) is 0 Å². The number of rotatable bonds is 7. The van der Waals surface area contributed by atoms with Crippen molar-refractivity contribution >= 4 is 0 Å². The third kappa shape index (κ3) is 4.47. The normalized spacial score (nSPS) is 30.5. The predicted molar refractivity (Wildman–Crippen MR) is 79.3 cm³/mol. The fourth-order valence-electron chi connectivity index (χ4n) is 2.23. The van der Waals surface area contributed by atoms with Crippen LogP contribution in [0, 0.1) is 0 Å². The van der Waals surface area contributed by atoms with Crippen LogP contribution in [0.3, 0.4) is 0 Å². The van der Waals surface area contributed by atoms with Gasteiger partial charge >= 0.3 is 0 Å². The van der Waals surface area contributed by atoms with E-state index in [-0.39, 0.29) is 18.1 Å². The minimum Gasteiger partial charge on any atom is -0.512 e. The van der Waals surface area contributed by atoms with E-state index in [0.29, 0.717) is 18.6 Å². The molecule has 3 N–H and O–H groups in total. The van der Waals surface area contributed by atoms with Gasteiger partial charge in [0.1, 0.15) is 31.2 Å². The molecule has 2 unspecified atom stereocenters. The highest BCUT2D eigenvalue weighted by Crippen LogP contribution is 2.27. The van der Waals surface area contributed by atoms with Crippen LogP contribution in [0.15, 0.2) is 36.1 Å². The first-order valence-electron chi connectivity index (χ1n) is 7.34. The van der Waals surface area contributed by atoms with E-state index in [9.17, 15) is 10.2 Å². The van der Waals surface area contributed by atoms with E-state index >= 15 is 0 Å². The number of methoxy groups -OCH3 is 2. The van der Waals surface area contributed by atoms with Crippen LogP contribution in [-0.4, -0.2) is 60.9 Å². The second-order valence-electron chi connectivity index (χ2n) is 5.15. The van der Waals surface area contributed by atoms with E-state index in [1.807, 2.05) is 0 Å². The Hall–Kier alpha value is -2.10. The van der Waals surface area contributed by atoms with Gasteiger partial charge in [-0.25, -0.2) is 0 Å². The summed E-state index contributed by atoms with van der Waals surface area (Å²) < 4.78 is 31.3. The summed E-state index contributed by atoms with van der Waals surface area (Å²) in [5, 5.41) is 28.6. The molecule has 0 saturated heterocycles. The fraction of sp³-hybridized carbons (Fsp3) is 0.600. The highest BCUT2D eigenvalue weighted by Gasteiger charge is 2.38. The lowest BCUT2D eigenvalue weighted by molar-refractivity contribution is -0.199. The van der Waals surface area contributed by atoms with E-state index < -0.39 is 24.8 Å². The van der Waals surface area contributed by atoms with E-state index in [1.165, 1.54) is 20.5 Å². The summed E-state index contributed by atoms with van der Waals surface area (Å²) in [6.45, 7) is 0.125. The summed E-state index contributed by atoms with van der Waals surface area (Å²) in [7, 11) is 2.84. The van der Waals surface area contributed by atoms with E-state index in [0.717, 1.165) is 12.5 Å². The molecule has 0 spiro atoms. The minimum absolute atomic E-state index is 0.125. The molecule has 2 heterocycles. The monoisotopic (exact) mass is 346 g/mol. The average molecular weight is 346 g/mol. The van der Waals surface area contributed by atoms with Gasteiger partial charge in [0.25, 0.3) is 6.29 Å². The molecule has 0 aromatic heterocycles. The van der Waals surface area contributed by atoms with Crippen LogP contribution in [0.25, 0.3) is 0 Å². The molecule has 0 bridgehead atoms. The lowest BCUT2D eigenvalue weighted by atomic mass is 10.1. The summed E-state index contributed by atoms with van der Waals surface area (Å²) in [4.78, 5) is 0. The van der Waals surface area contributed by atoms with Gasteiger partial charge in [0.05, 0.1) is 0 Å². The zero-order valence-corrected chi connectivity index (χ0v) is 13.5. The molecular weight excluding hydrogens is 324 g/mol. The lowest BCUT2D eigenvalue weighted by Crippen LogP contribution is -2.45. The number of hydrogen-bond acceptors (Lipinski definition) is 9. The van der Waals surface area contributed by atoms with Crippen molar-refractivity contribution in [3.63, 3.8) is 0 Å². The fourth-order valence-corrected chi connectivity index (χ4v) is 2.23. The highest BCUT2D eigenvalue weighted by atomic mass is 16.7. The molecular formula is C15H22O9. The van der Waals surface area contributed by atoms with E-state index in [2.05, 4.69) is 0 Å². The Bertz CT molecular complexity index is 499. The van der Waals surface area contributed by atoms with Gasteiger partial charge in [-0.2, -0.15) is 0 Å². The first-order valence-corrected chi connectivity index (χ1v) is 7.34. The minimum atomic E-state index is -1.19. The molecule has 0 amide bonds. The summed E-state index contributed by atoms with van der Waals surface area (Å²) in [6, 6.07) is 0. The van der Waals surface area contributed by atoms with E-state index in [4.69, 9.17) is 33.5 Å². The Balaban J connectivity index is 1.87. The smallest absolute Gasteiger partial charge is 0.268 e. The molecule has 24 heavy (non-hydrogen) atoms. The van der Waals surface area contributed by atoms with Gasteiger partial charge in [0.2, 0.25) is 6.29 Å². The molecule has 0 aliphatic carbocycles. The molecule has 9 nitrogen and oxygen atoms in total. The Morgan fingerprint density at radius 2 is 2.12 bits per heavy atom. The largest absolute Gasteiger partial charge is 0.512 e. The van der Waals surface area contributed by atoms with Gasteiger partial charge in [0, 0.05) is 27.1 Å². The first kappa shape index (κ1) is 18.2. The summed E-state index contributed by atoms with van der Waals surface area (Å²) >= 11 is 0. The average Bonchev–Trinajstić information content (AvgIpc) is 2.59. The number of hydrogen-bond donors (Lipinski definition) is 3. The Labute approximate surface area is 139 Å². The first-order chi connectivity index (χ1) is 11.6. The number of allylic oxidation sites excluding steroid dienone is 1. The molecule has 0 fully saturated rings. The molecule has 0 saturated carbocycles. The summed E-state index contributed by atoms with van der Waals surface area (Å²) in [5.41, 5.74) is 0. The zero-order valence-electron chi connectivity index (χ0n) is 13.5. The topological polar surface area (TPSA) is 116 Å². The van der Waals surface area contributed by atoms with Crippen molar-refractivity contribution in [3.05, 3.63) is 36.1 Å². The summed E-state index contributed by atoms with van der Waals surface area (Å²) in [5.74, 6) is 0.480. The van der Waals surface area contributed by atoms with Crippen molar-refractivity contribution in [2.24, 2.45) is 0 Å². The molecule has 136 valence electrons. The number of aliphatic hydroxyl groups is 3. The molecule has 2 rings (SSSR count). The second-order valence-corrected chi connectivity index (χ2v) is 5.15. The highest BCUT2D eigenvalue weighted by molar-refractivity contribution is 5.04. The second kappa shape index (κ2) is 8.67. The third-order valence-electron chi connectivity index (χ3n) is 3.42. The van der Waals surface area contributed by atoms with Crippen LogP contribution < -0.4 is 0 Å². The Morgan fingerprint density at radius 3 is 2.71 bits per heavy atom. The SMILES string of the molecule is COC/C(=C\O)O[C@H]1CCC(O[C@@H]2OC=C(O)C(OC)C2O)=CO1. The molecule has 0 aromatic carbocycles. The molecule has 2 aliphatic heterocycles. The van der Waals surface area contributed by atoms with Gasteiger partial charge in [-0.1, -0.05) is 0 Å². The van der Waals surface area contributed by atoms with Gasteiger partial charge < -0.3 is 43.7 Å². The molecule has 0 radical (unpaired) electrons. The van der Waals surface area contributed by atoms with Crippen molar-refractivity contribution in [2.45, 2.75) is 37.6 Å². The lowest BCUT2D eigenvalue weighted by Gasteiger charge is -2.33. The molecule has 4 atom stereocenters.